The summed E-state index contributed by atoms with van der Waals surface area (Å²) >= 11 is 10.1. The average Bonchev–Trinajstić information content (AvgIpc) is 2.41. The molecule has 20 heavy (non-hydrogen) atoms. The Morgan fingerprint density at radius 1 is 1.00 bits per heavy atom. The van der Waals surface area contributed by atoms with Gasteiger partial charge in [0.1, 0.15) is 0 Å². The van der Waals surface area contributed by atoms with E-state index >= 15 is 0 Å². The summed E-state index contributed by atoms with van der Waals surface area (Å²) in [6.45, 7) is 6.56. The molecule has 0 saturated carbocycles. The van der Waals surface area contributed by atoms with Gasteiger partial charge in [0.05, 0.1) is 5.38 Å². The molecule has 0 aromatic heterocycles. The van der Waals surface area contributed by atoms with E-state index in [0.29, 0.717) is 5.92 Å². The van der Waals surface area contributed by atoms with Crippen LogP contribution in [-0.4, -0.2) is 0 Å². The van der Waals surface area contributed by atoms with Gasteiger partial charge in [-0.1, -0.05) is 66.2 Å². The minimum absolute atomic E-state index is 0.0881. The molecule has 1 unspecified atom stereocenters. The van der Waals surface area contributed by atoms with E-state index in [4.69, 9.17) is 11.6 Å². The van der Waals surface area contributed by atoms with Gasteiger partial charge in [-0.25, -0.2) is 0 Å². The second-order valence-corrected chi connectivity index (χ2v) is 7.00. The van der Waals surface area contributed by atoms with Crippen molar-refractivity contribution >= 4 is 27.5 Å². The van der Waals surface area contributed by atoms with Crippen LogP contribution in [0.2, 0.25) is 0 Å². The molecule has 0 spiro atoms. The average molecular weight is 352 g/mol. The van der Waals surface area contributed by atoms with Crippen LogP contribution in [0.15, 0.2) is 46.9 Å². The van der Waals surface area contributed by atoms with Gasteiger partial charge < -0.3 is 0 Å². The van der Waals surface area contributed by atoms with Crippen molar-refractivity contribution in [1.29, 1.82) is 0 Å². The van der Waals surface area contributed by atoms with E-state index in [2.05, 4.69) is 79.2 Å². The summed E-state index contributed by atoms with van der Waals surface area (Å²) in [7, 11) is 0. The van der Waals surface area contributed by atoms with Crippen LogP contribution in [0.1, 0.15) is 41.5 Å². The molecule has 0 aliphatic carbocycles. The van der Waals surface area contributed by atoms with Gasteiger partial charge in [-0.05, 0) is 47.6 Å². The van der Waals surface area contributed by atoms with E-state index in [1.54, 1.807) is 0 Å². The largest absolute Gasteiger partial charge is 0.113 e. The van der Waals surface area contributed by atoms with Crippen LogP contribution in [0, 0.1) is 12.8 Å². The topological polar surface area (TPSA) is 0 Å². The van der Waals surface area contributed by atoms with Gasteiger partial charge in [-0.15, -0.1) is 11.6 Å². The molecule has 2 aromatic carbocycles. The van der Waals surface area contributed by atoms with Gasteiger partial charge in [0.2, 0.25) is 0 Å². The predicted octanol–water partition coefficient (Wildman–Crippen LogP) is 6.28. The summed E-state index contributed by atoms with van der Waals surface area (Å²) in [4.78, 5) is 0. The lowest BCUT2D eigenvalue weighted by atomic mass is 9.98. The smallest absolute Gasteiger partial charge is 0.0835 e. The zero-order chi connectivity index (χ0) is 14.7. The van der Waals surface area contributed by atoms with Crippen molar-refractivity contribution < 1.29 is 0 Å². The minimum Gasteiger partial charge on any atom is -0.113 e. The predicted molar refractivity (Wildman–Crippen MR) is 91.6 cm³/mol. The number of alkyl halides is 1. The first-order valence-corrected chi connectivity index (χ1v) is 8.19. The highest BCUT2D eigenvalue weighted by atomic mass is 79.9. The number of benzene rings is 2. The Morgan fingerprint density at radius 3 is 2.15 bits per heavy atom. The van der Waals surface area contributed by atoms with Crippen molar-refractivity contribution in [2.75, 3.05) is 0 Å². The first-order valence-electron chi connectivity index (χ1n) is 6.96. The Morgan fingerprint density at radius 2 is 1.60 bits per heavy atom. The highest BCUT2D eigenvalue weighted by Crippen LogP contribution is 2.31. The van der Waals surface area contributed by atoms with Crippen molar-refractivity contribution in [3.05, 3.63) is 69.2 Å². The normalized spacial score (nSPS) is 12.7. The van der Waals surface area contributed by atoms with Crippen LogP contribution < -0.4 is 0 Å². The molecule has 0 nitrogen and oxygen atoms in total. The fourth-order valence-corrected chi connectivity index (χ4v) is 2.84. The maximum Gasteiger partial charge on any atom is 0.0835 e. The SMILES string of the molecule is Cc1cc(C(Cl)c2ccc(CC(C)C)cc2)ccc1Br. The van der Waals surface area contributed by atoms with Crippen molar-refractivity contribution in [1.82, 2.24) is 0 Å². The fraction of sp³-hybridized carbons (Fsp3) is 0.333. The first-order chi connectivity index (χ1) is 9.47. The van der Waals surface area contributed by atoms with Crippen LogP contribution in [0.3, 0.4) is 0 Å². The number of hydrogen-bond acceptors (Lipinski definition) is 0. The lowest BCUT2D eigenvalue weighted by Gasteiger charge is -2.13. The van der Waals surface area contributed by atoms with E-state index < -0.39 is 0 Å². The van der Waals surface area contributed by atoms with Crippen molar-refractivity contribution in [3.8, 4) is 0 Å². The van der Waals surface area contributed by atoms with E-state index in [1.165, 1.54) is 11.1 Å². The summed E-state index contributed by atoms with van der Waals surface area (Å²) in [6.07, 6.45) is 1.12. The van der Waals surface area contributed by atoms with Crippen LogP contribution >= 0.6 is 27.5 Å². The Labute approximate surface area is 135 Å². The standard InChI is InChI=1S/C18H20BrCl/c1-12(2)10-14-4-6-15(7-5-14)18(20)16-8-9-17(19)13(3)11-16/h4-9,11-12,18H,10H2,1-3H3. The molecule has 0 aliphatic rings. The Balaban J connectivity index is 2.20. The molecule has 0 bridgehead atoms. The molecule has 2 rings (SSSR count). The molecule has 1 atom stereocenters. The molecule has 0 radical (unpaired) electrons. The van der Waals surface area contributed by atoms with Gasteiger partial charge in [0, 0.05) is 4.47 Å². The maximum absolute atomic E-state index is 6.60. The number of halogens is 2. The Kier molecular flexibility index (Phi) is 5.29. The van der Waals surface area contributed by atoms with Crippen molar-refractivity contribution in [2.24, 2.45) is 5.92 Å². The highest BCUT2D eigenvalue weighted by molar-refractivity contribution is 9.10. The molecule has 2 heteroatoms. The first kappa shape index (κ1) is 15.6. The van der Waals surface area contributed by atoms with Gasteiger partial charge in [-0.2, -0.15) is 0 Å². The molecule has 0 amide bonds. The van der Waals surface area contributed by atoms with Gasteiger partial charge in [-0.3, -0.25) is 0 Å². The zero-order valence-corrected chi connectivity index (χ0v) is 14.5. The number of aryl methyl sites for hydroxylation is 1. The Bertz CT molecular complexity index is 572. The lowest BCUT2D eigenvalue weighted by Crippen LogP contribution is -1.97. The summed E-state index contributed by atoms with van der Waals surface area (Å²) in [5.74, 6) is 0.682. The molecular weight excluding hydrogens is 332 g/mol. The molecule has 0 heterocycles. The third kappa shape index (κ3) is 3.86. The quantitative estimate of drug-likeness (QED) is 0.568. The zero-order valence-electron chi connectivity index (χ0n) is 12.2. The summed E-state index contributed by atoms with van der Waals surface area (Å²) < 4.78 is 1.12. The summed E-state index contributed by atoms with van der Waals surface area (Å²) in [5.41, 5.74) is 4.88. The van der Waals surface area contributed by atoms with Crippen LogP contribution in [0.4, 0.5) is 0 Å². The van der Waals surface area contributed by atoms with Gasteiger partial charge in [0.15, 0.2) is 0 Å². The lowest BCUT2D eigenvalue weighted by molar-refractivity contribution is 0.647. The molecule has 106 valence electrons. The second kappa shape index (κ2) is 6.78. The third-order valence-corrected chi connectivity index (χ3v) is 4.78. The van der Waals surface area contributed by atoms with E-state index in [9.17, 15) is 0 Å². The summed E-state index contributed by atoms with van der Waals surface area (Å²) in [5, 5.41) is -0.0881. The molecule has 0 aliphatic heterocycles. The molecular formula is C18H20BrCl. The van der Waals surface area contributed by atoms with Crippen LogP contribution in [0.25, 0.3) is 0 Å². The van der Waals surface area contributed by atoms with Crippen LogP contribution in [0.5, 0.6) is 0 Å². The fourth-order valence-electron chi connectivity index (χ4n) is 2.31. The van der Waals surface area contributed by atoms with E-state index in [-0.39, 0.29) is 5.38 Å². The monoisotopic (exact) mass is 350 g/mol. The van der Waals surface area contributed by atoms with Gasteiger partial charge in [0.25, 0.3) is 0 Å². The Hall–Kier alpha value is -0.790. The van der Waals surface area contributed by atoms with Crippen LogP contribution in [-0.2, 0) is 6.42 Å². The van der Waals surface area contributed by atoms with E-state index in [0.717, 1.165) is 22.0 Å². The van der Waals surface area contributed by atoms with Crippen molar-refractivity contribution in [2.45, 2.75) is 32.6 Å². The third-order valence-electron chi connectivity index (χ3n) is 3.39. The number of hydrogen-bond donors (Lipinski definition) is 0. The summed E-state index contributed by atoms with van der Waals surface area (Å²) in [6, 6.07) is 15.0. The van der Waals surface area contributed by atoms with E-state index in [1.807, 2.05) is 0 Å². The molecule has 0 fully saturated rings. The van der Waals surface area contributed by atoms with Gasteiger partial charge >= 0.3 is 0 Å². The molecule has 0 saturated heterocycles. The minimum atomic E-state index is -0.0881. The number of rotatable bonds is 4. The molecule has 2 aromatic rings. The molecule has 0 N–H and O–H groups in total. The highest BCUT2D eigenvalue weighted by Gasteiger charge is 2.11. The van der Waals surface area contributed by atoms with Crippen molar-refractivity contribution in [3.63, 3.8) is 0 Å². The second-order valence-electron chi connectivity index (χ2n) is 5.71. The maximum atomic E-state index is 6.60.